The van der Waals surface area contributed by atoms with Gasteiger partial charge >= 0.3 is 0 Å². The number of rotatable bonds is 3. The van der Waals surface area contributed by atoms with Gasteiger partial charge in [0.05, 0.1) is 0 Å². The van der Waals surface area contributed by atoms with Crippen LogP contribution in [0.25, 0.3) is 0 Å². The molecule has 2 aromatic carbocycles. The molecule has 0 fully saturated rings. The molecule has 0 aliphatic rings. The molecular formula is C13H10F3N3O. The van der Waals surface area contributed by atoms with E-state index in [0.29, 0.717) is 17.8 Å². The number of hydrogen-bond acceptors (Lipinski definition) is 3. The molecule has 104 valence electrons. The molecular weight excluding hydrogens is 271 g/mol. The van der Waals surface area contributed by atoms with Crippen molar-refractivity contribution in [2.45, 2.75) is 0 Å². The summed E-state index contributed by atoms with van der Waals surface area (Å²) in [6, 6.07) is 6.85. The first-order chi connectivity index (χ1) is 9.51. The van der Waals surface area contributed by atoms with Crippen molar-refractivity contribution in [3.05, 3.63) is 59.4 Å². The third kappa shape index (κ3) is 2.89. The minimum atomic E-state index is -1.18. The zero-order valence-electron chi connectivity index (χ0n) is 10.1. The molecule has 2 aromatic rings. The Labute approximate surface area is 112 Å². The van der Waals surface area contributed by atoms with Crippen molar-refractivity contribution in [1.82, 2.24) is 0 Å². The van der Waals surface area contributed by atoms with Gasteiger partial charge in [-0.3, -0.25) is 10.6 Å². The van der Waals surface area contributed by atoms with E-state index in [1.807, 2.05) is 0 Å². The van der Waals surface area contributed by atoms with Crippen LogP contribution in [0.15, 0.2) is 36.4 Å². The van der Waals surface area contributed by atoms with Crippen LogP contribution in [0.1, 0.15) is 10.4 Å². The third-order valence-electron chi connectivity index (χ3n) is 2.56. The van der Waals surface area contributed by atoms with E-state index in [4.69, 9.17) is 5.84 Å². The lowest BCUT2D eigenvalue weighted by Gasteiger charge is -2.08. The minimum absolute atomic E-state index is 0.173. The summed E-state index contributed by atoms with van der Waals surface area (Å²) >= 11 is 0. The monoisotopic (exact) mass is 281 g/mol. The number of amides is 1. The number of hydrogen-bond donors (Lipinski definition) is 3. The van der Waals surface area contributed by atoms with Crippen molar-refractivity contribution in [3.8, 4) is 0 Å². The standard InChI is InChI=1S/C13H10F3N3O/c14-8-5-10(15)12(11(16)6-8)18-13(20)7-1-3-9(19-17)4-2-7/h1-6,19H,17H2,(H,18,20). The van der Waals surface area contributed by atoms with Crippen LogP contribution in [-0.2, 0) is 0 Å². The second-order valence-corrected chi connectivity index (χ2v) is 3.92. The predicted molar refractivity (Wildman–Crippen MR) is 68.5 cm³/mol. The van der Waals surface area contributed by atoms with E-state index < -0.39 is 29.0 Å². The van der Waals surface area contributed by atoms with Gasteiger partial charge in [0.25, 0.3) is 5.91 Å². The highest BCUT2D eigenvalue weighted by atomic mass is 19.1. The second kappa shape index (κ2) is 5.62. The fraction of sp³-hybridized carbons (Fsp3) is 0. The molecule has 0 bridgehead atoms. The summed E-state index contributed by atoms with van der Waals surface area (Å²) < 4.78 is 39.5. The van der Waals surface area contributed by atoms with Crippen molar-refractivity contribution < 1.29 is 18.0 Å². The summed E-state index contributed by atoms with van der Waals surface area (Å²) in [6.45, 7) is 0. The number of nitrogen functional groups attached to an aromatic ring is 1. The lowest BCUT2D eigenvalue weighted by atomic mass is 10.2. The summed E-state index contributed by atoms with van der Waals surface area (Å²) in [5.41, 5.74) is 2.42. The van der Waals surface area contributed by atoms with Crippen LogP contribution in [0.3, 0.4) is 0 Å². The van der Waals surface area contributed by atoms with E-state index in [9.17, 15) is 18.0 Å². The molecule has 0 aromatic heterocycles. The Hall–Kier alpha value is -2.54. The maximum absolute atomic E-state index is 13.4. The molecule has 0 spiro atoms. The van der Waals surface area contributed by atoms with Crippen LogP contribution in [0, 0.1) is 17.5 Å². The van der Waals surface area contributed by atoms with E-state index in [1.165, 1.54) is 24.3 Å². The Morgan fingerprint density at radius 1 is 1.00 bits per heavy atom. The van der Waals surface area contributed by atoms with E-state index in [-0.39, 0.29) is 5.56 Å². The summed E-state index contributed by atoms with van der Waals surface area (Å²) in [7, 11) is 0. The smallest absolute Gasteiger partial charge is 0.255 e. The predicted octanol–water partition coefficient (Wildman–Crippen LogP) is 2.64. The van der Waals surface area contributed by atoms with Crippen LogP contribution >= 0.6 is 0 Å². The first-order valence-corrected chi connectivity index (χ1v) is 5.54. The van der Waals surface area contributed by atoms with Crippen molar-refractivity contribution in [2.24, 2.45) is 5.84 Å². The molecule has 0 aliphatic heterocycles. The van der Waals surface area contributed by atoms with E-state index >= 15 is 0 Å². The number of carbonyl (C=O) groups is 1. The minimum Gasteiger partial charge on any atom is -0.324 e. The largest absolute Gasteiger partial charge is 0.324 e. The van der Waals surface area contributed by atoms with Crippen molar-refractivity contribution in [2.75, 3.05) is 10.7 Å². The highest BCUT2D eigenvalue weighted by Crippen LogP contribution is 2.21. The fourth-order valence-electron chi connectivity index (χ4n) is 1.57. The number of nitrogens with two attached hydrogens (primary N) is 1. The molecule has 0 saturated carbocycles. The maximum Gasteiger partial charge on any atom is 0.255 e. The zero-order chi connectivity index (χ0) is 14.7. The van der Waals surface area contributed by atoms with Gasteiger partial charge in [-0.2, -0.15) is 0 Å². The normalized spacial score (nSPS) is 10.2. The van der Waals surface area contributed by atoms with Crippen LogP contribution in [0.4, 0.5) is 24.5 Å². The molecule has 1 amide bonds. The fourth-order valence-corrected chi connectivity index (χ4v) is 1.57. The third-order valence-corrected chi connectivity index (χ3v) is 2.56. The van der Waals surface area contributed by atoms with Crippen LogP contribution in [-0.4, -0.2) is 5.91 Å². The molecule has 2 rings (SSSR count). The number of halogens is 3. The summed E-state index contributed by atoms with van der Waals surface area (Å²) in [4.78, 5) is 11.8. The first kappa shape index (κ1) is 13.9. The number of benzene rings is 2. The molecule has 4 N–H and O–H groups in total. The molecule has 4 nitrogen and oxygen atoms in total. The van der Waals surface area contributed by atoms with Gasteiger partial charge in [-0.25, -0.2) is 13.2 Å². The van der Waals surface area contributed by atoms with E-state index in [2.05, 4.69) is 10.7 Å². The van der Waals surface area contributed by atoms with Crippen molar-refractivity contribution in [1.29, 1.82) is 0 Å². The Morgan fingerprint density at radius 2 is 1.55 bits per heavy atom. The molecule has 0 radical (unpaired) electrons. The first-order valence-electron chi connectivity index (χ1n) is 5.54. The lowest BCUT2D eigenvalue weighted by Crippen LogP contribution is -2.15. The number of anilines is 2. The van der Waals surface area contributed by atoms with Gasteiger partial charge in [-0.15, -0.1) is 0 Å². The maximum atomic E-state index is 13.4. The van der Waals surface area contributed by atoms with Gasteiger partial charge in [-0.1, -0.05) is 0 Å². The highest BCUT2D eigenvalue weighted by Gasteiger charge is 2.15. The number of carbonyl (C=O) groups excluding carboxylic acids is 1. The average molecular weight is 281 g/mol. The highest BCUT2D eigenvalue weighted by molar-refractivity contribution is 6.04. The summed E-state index contributed by atoms with van der Waals surface area (Å²) in [5, 5.41) is 2.05. The average Bonchev–Trinajstić information content (AvgIpc) is 2.42. The summed E-state index contributed by atoms with van der Waals surface area (Å²) in [5.74, 6) is 1.02. The molecule has 7 heteroatoms. The van der Waals surface area contributed by atoms with Crippen LogP contribution < -0.4 is 16.6 Å². The van der Waals surface area contributed by atoms with Gasteiger partial charge in [0.15, 0.2) is 11.6 Å². The Bertz CT molecular complexity index is 621. The van der Waals surface area contributed by atoms with Crippen molar-refractivity contribution >= 4 is 17.3 Å². The van der Waals surface area contributed by atoms with Crippen LogP contribution in [0.2, 0.25) is 0 Å². The molecule has 0 atom stereocenters. The van der Waals surface area contributed by atoms with Gasteiger partial charge < -0.3 is 10.7 Å². The Kier molecular flexibility index (Phi) is 3.90. The van der Waals surface area contributed by atoms with E-state index in [0.717, 1.165) is 0 Å². The van der Waals surface area contributed by atoms with E-state index in [1.54, 1.807) is 0 Å². The molecule has 0 aliphatic carbocycles. The Balaban J connectivity index is 2.23. The van der Waals surface area contributed by atoms with Gasteiger partial charge in [0.2, 0.25) is 0 Å². The molecule has 0 unspecified atom stereocenters. The topological polar surface area (TPSA) is 67.1 Å². The van der Waals surface area contributed by atoms with Crippen LogP contribution in [0.5, 0.6) is 0 Å². The van der Waals surface area contributed by atoms with Gasteiger partial charge in [0, 0.05) is 23.4 Å². The lowest BCUT2D eigenvalue weighted by molar-refractivity contribution is 0.102. The van der Waals surface area contributed by atoms with Gasteiger partial charge in [-0.05, 0) is 24.3 Å². The SMILES string of the molecule is NNc1ccc(C(=O)Nc2c(F)cc(F)cc2F)cc1. The zero-order valence-corrected chi connectivity index (χ0v) is 10.1. The van der Waals surface area contributed by atoms with Gasteiger partial charge in [0.1, 0.15) is 11.5 Å². The quantitative estimate of drug-likeness (QED) is 0.598. The summed E-state index contributed by atoms with van der Waals surface area (Å²) in [6.07, 6.45) is 0. The molecule has 0 saturated heterocycles. The second-order valence-electron chi connectivity index (χ2n) is 3.92. The molecule has 20 heavy (non-hydrogen) atoms. The Morgan fingerprint density at radius 3 is 2.05 bits per heavy atom. The number of nitrogens with one attached hydrogen (secondary N) is 2. The number of hydrazine groups is 1. The van der Waals surface area contributed by atoms with Crippen molar-refractivity contribution in [3.63, 3.8) is 0 Å². The molecule has 0 heterocycles.